The van der Waals surface area contributed by atoms with Gasteiger partial charge in [0, 0.05) is 26.2 Å². The number of rotatable bonds is 7. The van der Waals surface area contributed by atoms with Crippen molar-refractivity contribution in [1.82, 2.24) is 10.2 Å². The van der Waals surface area contributed by atoms with Crippen LogP contribution in [0.25, 0.3) is 0 Å². The predicted molar refractivity (Wildman–Crippen MR) is 113 cm³/mol. The van der Waals surface area contributed by atoms with E-state index >= 15 is 0 Å². The van der Waals surface area contributed by atoms with Crippen LogP contribution >= 0.6 is 0 Å². The smallest absolute Gasteiger partial charge is 0.119 e. The van der Waals surface area contributed by atoms with Crippen LogP contribution in [-0.2, 0) is 6.42 Å². The van der Waals surface area contributed by atoms with Gasteiger partial charge in [-0.05, 0) is 60.5 Å². The number of likely N-dealkylation sites (tertiary alicyclic amines) is 1. The zero-order valence-corrected chi connectivity index (χ0v) is 16.8. The van der Waals surface area contributed by atoms with E-state index in [2.05, 4.69) is 46.6 Å². The van der Waals surface area contributed by atoms with Crippen molar-refractivity contribution in [1.29, 1.82) is 5.26 Å². The fourth-order valence-electron chi connectivity index (χ4n) is 4.98. The van der Waals surface area contributed by atoms with E-state index in [1.807, 2.05) is 0 Å². The Balaban J connectivity index is 1.33. The van der Waals surface area contributed by atoms with Gasteiger partial charge < -0.3 is 15.2 Å². The van der Waals surface area contributed by atoms with Gasteiger partial charge in [0.15, 0.2) is 0 Å². The fourth-order valence-corrected chi connectivity index (χ4v) is 4.98. The molecule has 5 heteroatoms. The monoisotopic (exact) mass is 391 g/mol. The summed E-state index contributed by atoms with van der Waals surface area (Å²) in [5, 5.41) is 23.1. The molecule has 2 aliphatic heterocycles. The number of aliphatic hydroxyl groups is 1. The molecule has 2 aromatic rings. The average molecular weight is 392 g/mol. The number of hydrogen-bond donors (Lipinski definition) is 2. The van der Waals surface area contributed by atoms with E-state index in [9.17, 15) is 5.11 Å². The largest absolute Gasteiger partial charge is 0.491 e. The first-order valence-corrected chi connectivity index (χ1v) is 10.4. The minimum atomic E-state index is -0.536. The summed E-state index contributed by atoms with van der Waals surface area (Å²) in [6.45, 7) is 5.01. The summed E-state index contributed by atoms with van der Waals surface area (Å²) in [6.07, 6.45) is 1.79. The second-order valence-electron chi connectivity index (χ2n) is 8.66. The number of nitrogens with one attached hydrogen (secondary N) is 1. The number of nitrogens with zero attached hydrogens (tertiary/aromatic N) is 2. The maximum Gasteiger partial charge on any atom is 0.119 e. The second kappa shape index (κ2) is 8.96. The number of β-amino-alcohol motifs (C(OH)–C–C–N with tert-alkyl or cyclic N) is 1. The maximum atomic E-state index is 10.6. The van der Waals surface area contributed by atoms with Crippen molar-refractivity contribution in [3.8, 4) is 11.8 Å². The molecule has 29 heavy (non-hydrogen) atoms. The van der Waals surface area contributed by atoms with Gasteiger partial charge in [0.1, 0.15) is 18.5 Å². The lowest BCUT2D eigenvalue weighted by atomic mass is 9.69. The SMILES string of the molecule is N#Cc1ccc(OCC(O)CN2CC3CNCC(Cc4ccccc4)(C3)C2)cc1. The van der Waals surface area contributed by atoms with Gasteiger partial charge in [-0.2, -0.15) is 5.26 Å². The lowest BCUT2D eigenvalue weighted by molar-refractivity contribution is -0.0108. The Bertz CT molecular complexity index is 833. The first-order chi connectivity index (χ1) is 14.1. The summed E-state index contributed by atoms with van der Waals surface area (Å²) in [7, 11) is 0. The number of hydrogen-bond acceptors (Lipinski definition) is 5. The highest BCUT2D eigenvalue weighted by Crippen LogP contribution is 2.38. The van der Waals surface area contributed by atoms with Gasteiger partial charge in [-0.1, -0.05) is 30.3 Å². The lowest BCUT2D eigenvalue weighted by Gasteiger charge is -2.50. The van der Waals surface area contributed by atoms with Gasteiger partial charge >= 0.3 is 0 Å². The number of fused-ring (bicyclic) bond motifs is 2. The van der Waals surface area contributed by atoms with Crippen molar-refractivity contribution >= 4 is 0 Å². The first kappa shape index (κ1) is 19.9. The molecule has 2 N–H and O–H groups in total. The molecule has 0 radical (unpaired) electrons. The van der Waals surface area contributed by atoms with E-state index in [4.69, 9.17) is 10.00 Å². The van der Waals surface area contributed by atoms with Crippen LogP contribution in [0.3, 0.4) is 0 Å². The standard InChI is InChI=1S/C24H29N3O2/c25-12-20-6-8-23(9-7-20)29-16-22(28)15-27-14-21-11-24(18-27,17-26-13-21)10-19-4-2-1-3-5-19/h1-9,21-22,26,28H,10-11,13-18H2. The number of ether oxygens (including phenoxy) is 1. The molecule has 0 spiro atoms. The molecule has 2 aliphatic rings. The van der Waals surface area contributed by atoms with Crippen LogP contribution in [-0.4, -0.2) is 55.4 Å². The Morgan fingerprint density at radius 1 is 1.21 bits per heavy atom. The Kier molecular flexibility index (Phi) is 6.15. The van der Waals surface area contributed by atoms with Crippen LogP contribution in [0.4, 0.5) is 0 Å². The molecule has 2 saturated heterocycles. The molecule has 2 bridgehead atoms. The maximum absolute atomic E-state index is 10.6. The first-order valence-electron chi connectivity index (χ1n) is 10.4. The second-order valence-corrected chi connectivity index (χ2v) is 8.66. The molecular weight excluding hydrogens is 362 g/mol. The summed E-state index contributed by atoms with van der Waals surface area (Å²) in [5.41, 5.74) is 2.23. The molecule has 152 valence electrons. The molecule has 4 rings (SSSR count). The van der Waals surface area contributed by atoms with Gasteiger partial charge in [0.2, 0.25) is 0 Å². The van der Waals surface area contributed by atoms with Gasteiger partial charge in [0.25, 0.3) is 0 Å². The zero-order chi connectivity index (χ0) is 20.1. The minimum absolute atomic E-state index is 0.232. The summed E-state index contributed by atoms with van der Waals surface area (Å²) >= 11 is 0. The summed E-state index contributed by atoms with van der Waals surface area (Å²) in [5.74, 6) is 1.32. The van der Waals surface area contributed by atoms with Crippen molar-refractivity contribution in [2.24, 2.45) is 11.3 Å². The van der Waals surface area contributed by atoms with Gasteiger partial charge in [0.05, 0.1) is 11.6 Å². The molecule has 0 aliphatic carbocycles. The van der Waals surface area contributed by atoms with Crippen molar-refractivity contribution in [2.75, 3.05) is 39.3 Å². The highest BCUT2D eigenvalue weighted by atomic mass is 16.5. The summed E-state index contributed by atoms with van der Waals surface area (Å²) in [6, 6.07) is 19.8. The fraction of sp³-hybridized carbons (Fsp3) is 0.458. The normalized spacial score (nSPS) is 25.2. The number of benzene rings is 2. The van der Waals surface area contributed by atoms with E-state index in [1.54, 1.807) is 24.3 Å². The Morgan fingerprint density at radius 3 is 2.76 bits per heavy atom. The number of piperidine rings is 2. The third kappa shape index (κ3) is 5.16. The van der Waals surface area contributed by atoms with E-state index in [-0.39, 0.29) is 12.0 Å². The predicted octanol–water partition coefficient (Wildman–Crippen LogP) is 2.45. The van der Waals surface area contributed by atoms with Crippen LogP contribution in [0, 0.1) is 22.7 Å². The van der Waals surface area contributed by atoms with E-state index < -0.39 is 6.10 Å². The van der Waals surface area contributed by atoms with Gasteiger partial charge in [-0.15, -0.1) is 0 Å². The van der Waals surface area contributed by atoms with Crippen LogP contribution in [0.5, 0.6) is 5.75 Å². The van der Waals surface area contributed by atoms with Crippen LogP contribution < -0.4 is 10.1 Å². The van der Waals surface area contributed by atoms with Crippen LogP contribution in [0.1, 0.15) is 17.5 Å². The van der Waals surface area contributed by atoms with Gasteiger partial charge in [-0.25, -0.2) is 0 Å². The third-order valence-electron chi connectivity index (χ3n) is 6.05. The van der Waals surface area contributed by atoms with E-state index in [0.717, 1.165) is 32.6 Å². The summed E-state index contributed by atoms with van der Waals surface area (Å²) < 4.78 is 5.73. The Morgan fingerprint density at radius 2 is 2.00 bits per heavy atom. The van der Waals surface area contributed by atoms with E-state index in [0.29, 0.717) is 23.8 Å². The highest BCUT2D eigenvalue weighted by molar-refractivity contribution is 5.34. The number of aliphatic hydroxyl groups excluding tert-OH is 1. The molecule has 2 fully saturated rings. The van der Waals surface area contributed by atoms with E-state index in [1.165, 1.54) is 12.0 Å². The summed E-state index contributed by atoms with van der Waals surface area (Å²) in [4.78, 5) is 2.42. The zero-order valence-electron chi connectivity index (χ0n) is 16.8. The van der Waals surface area contributed by atoms with Crippen molar-refractivity contribution in [3.63, 3.8) is 0 Å². The molecule has 2 aromatic carbocycles. The molecule has 0 amide bonds. The van der Waals surface area contributed by atoms with Crippen molar-refractivity contribution < 1.29 is 9.84 Å². The van der Waals surface area contributed by atoms with Crippen molar-refractivity contribution in [3.05, 3.63) is 65.7 Å². The lowest BCUT2D eigenvalue weighted by Crippen LogP contribution is -2.59. The quantitative estimate of drug-likeness (QED) is 0.759. The van der Waals surface area contributed by atoms with Gasteiger partial charge in [-0.3, -0.25) is 4.90 Å². The third-order valence-corrected chi connectivity index (χ3v) is 6.05. The molecular formula is C24H29N3O2. The molecule has 3 atom stereocenters. The minimum Gasteiger partial charge on any atom is -0.491 e. The van der Waals surface area contributed by atoms with Crippen LogP contribution in [0.2, 0.25) is 0 Å². The molecule has 5 nitrogen and oxygen atoms in total. The Hall–Kier alpha value is -2.39. The van der Waals surface area contributed by atoms with Crippen LogP contribution in [0.15, 0.2) is 54.6 Å². The van der Waals surface area contributed by atoms with Crippen molar-refractivity contribution in [2.45, 2.75) is 18.9 Å². The Labute approximate surface area is 172 Å². The molecule has 3 unspecified atom stereocenters. The average Bonchev–Trinajstić information content (AvgIpc) is 2.73. The molecule has 0 aromatic heterocycles. The molecule has 0 saturated carbocycles. The molecule has 2 heterocycles. The topological polar surface area (TPSA) is 68.5 Å². The highest BCUT2D eigenvalue weighted by Gasteiger charge is 2.42. The number of nitriles is 1.